The Balaban J connectivity index is 0.000000278. The molecule has 2 aromatic carbocycles. The lowest BCUT2D eigenvalue weighted by Gasteiger charge is -2.32. The van der Waals surface area contributed by atoms with Crippen LogP contribution in [0.25, 0.3) is 0 Å². The Bertz CT molecular complexity index is 1310. The van der Waals surface area contributed by atoms with Crippen LogP contribution in [0.5, 0.6) is 0 Å². The van der Waals surface area contributed by atoms with Crippen LogP contribution in [-0.4, -0.2) is 74.9 Å². The smallest absolute Gasteiger partial charge is 0.388 e. The number of aliphatic imine (C=N–C) groups is 1. The van der Waals surface area contributed by atoms with Crippen molar-refractivity contribution >= 4 is 30.0 Å². The first-order chi connectivity index (χ1) is 19.6. The van der Waals surface area contributed by atoms with E-state index >= 15 is 0 Å². The molecule has 4 N–H and O–H groups in total. The number of carbonyl (C=O) groups excluding carboxylic acids is 1. The topological polar surface area (TPSA) is 131 Å². The zero-order chi connectivity index (χ0) is 29.8. The van der Waals surface area contributed by atoms with Crippen molar-refractivity contribution in [1.29, 1.82) is 5.26 Å². The SMILES string of the molecule is CNc1ccc(C/C(C#N)=C(/CN2CCOCC2)N2CC(N)=NC=N2)cc1.Cc1ccc(C(F)(F)F)cc1NC=O. The second-order valence-corrected chi connectivity index (χ2v) is 9.25. The molecule has 0 aromatic heterocycles. The van der Waals surface area contributed by atoms with Gasteiger partial charge >= 0.3 is 6.18 Å². The number of carbonyl (C=O) groups is 1. The van der Waals surface area contributed by atoms with Crippen LogP contribution in [0.1, 0.15) is 16.7 Å². The maximum Gasteiger partial charge on any atom is 0.416 e. The molecule has 0 radical (unpaired) electrons. The first-order valence-electron chi connectivity index (χ1n) is 12.8. The highest BCUT2D eigenvalue weighted by Crippen LogP contribution is 2.31. The number of hydrogen-bond donors (Lipinski definition) is 3. The molecule has 1 saturated heterocycles. The van der Waals surface area contributed by atoms with E-state index in [2.05, 4.69) is 31.7 Å². The van der Waals surface area contributed by atoms with Crippen LogP contribution in [0.2, 0.25) is 0 Å². The van der Waals surface area contributed by atoms with Crippen molar-refractivity contribution in [3.8, 4) is 6.07 Å². The van der Waals surface area contributed by atoms with E-state index in [9.17, 15) is 23.2 Å². The minimum atomic E-state index is -4.38. The van der Waals surface area contributed by atoms with Gasteiger partial charge in [0.1, 0.15) is 12.2 Å². The molecule has 0 spiro atoms. The number of nitrogens with one attached hydrogen (secondary N) is 2. The predicted octanol–water partition coefficient (Wildman–Crippen LogP) is 3.58. The highest BCUT2D eigenvalue weighted by molar-refractivity contribution is 5.90. The van der Waals surface area contributed by atoms with Gasteiger partial charge < -0.3 is 21.1 Å². The molecule has 0 bridgehead atoms. The molecular weight excluding hydrogens is 537 g/mol. The van der Waals surface area contributed by atoms with E-state index in [-0.39, 0.29) is 5.69 Å². The number of halogens is 3. The molecule has 2 aromatic rings. The lowest BCUT2D eigenvalue weighted by Crippen LogP contribution is -2.42. The molecule has 218 valence electrons. The molecule has 1 amide bonds. The maximum absolute atomic E-state index is 12.2. The summed E-state index contributed by atoms with van der Waals surface area (Å²) in [4.78, 5) is 16.4. The number of amidine groups is 1. The van der Waals surface area contributed by atoms with Crippen LogP contribution in [-0.2, 0) is 22.1 Å². The number of anilines is 2. The van der Waals surface area contributed by atoms with Crippen molar-refractivity contribution in [3.63, 3.8) is 0 Å². The van der Waals surface area contributed by atoms with E-state index in [0.29, 0.717) is 56.1 Å². The van der Waals surface area contributed by atoms with Gasteiger partial charge in [-0.15, -0.1) is 0 Å². The van der Waals surface area contributed by atoms with Gasteiger partial charge in [0.25, 0.3) is 0 Å². The third-order valence-electron chi connectivity index (χ3n) is 6.40. The number of benzene rings is 2. The first kappa shape index (κ1) is 31.1. The molecule has 10 nitrogen and oxygen atoms in total. The molecular formula is C28H33F3N8O2. The number of hydrazone groups is 1. The summed E-state index contributed by atoms with van der Waals surface area (Å²) in [5.74, 6) is 0.486. The molecule has 13 heteroatoms. The molecule has 0 atom stereocenters. The number of nitrogens with two attached hydrogens (primary N) is 1. The van der Waals surface area contributed by atoms with E-state index in [1.807, 2.05) is 31.3 Å². The quantitative estimate of drug-likeness (QED) is 0.327. The standard InChI is InChI=1S/C19H25N7O.C9H8F3NO/c1-22-17-4-2-15(3-5-17)10-16(11-20)18(12-25-6-8-27-9-7-25)26-13-19(21)23-14-24-26;1-6-2-3-7(9(10,11)12)4-8(6)13-5-14/h2-5,14,22H,6-10,12-13H2,1H3,(H2,21,23,24);2-5H,1H3,(H,13,14)/b18-16+;. The number of morpholine rings is 1. The van der Waals surface area contributed by atoms with Crippen molar-refractivity contribution in [2.45, 2.75) is 19.5 Å². The van der Waals surface area contributed by atoms with Gasteiger partial charge in [-0.1, -0.05) is 18.2 Å². The highest BCUT2D eigenvalue weighted by atomic mass is 19.4. The molecule has 41 heavy (non-hydrogen) atoms. The van der Waals surface area contributed by atoms with Crippen LogP contribution in [0.3, 0.4) is 0 Å². The molecule has 2 aliphatic heterocycles. The van der Waals surface area contributed by atoms with E-state index in [1.54, 1.807) is 11.9 Å². The molecule has 1 fully saturated rings. The maximum atomic E-state index is 12.2. The molecule has 2 heterocycles. The Hall–Kier alpha value is -4.41. The Kier molecular flexibility index (Phi) is 11.3. The summed E-state index contributed by atoms with van der Waals surface area (Å²) in [7, 11) is 1.89. The fourth-order valence-electron chi connectivity index (χ4n) is 4.08. The molecule has 0 unspecified atom stereocenters. The Morgan fingerprint density at radius 2 is 1.90 bits per heavy atom. The Morgan fingerprint density at radius 3 is 2.49 bits per heavy atom. The predicted molar refractivity (Wildman–Crippen MR) is 152 cm³/mol. The van der Waals surface area contributed by atoms with Crippen LogP contribution >= 0.6 is 0 Å². The largest absolute Gasteiger partial charge is 0.416 e. The number of nitriles is 1. The number of aryl methyl sites for hydroxylation is 1. The van der Waals surface area contributed by atoms with E-state index in [4.69, 9.17) is 10.5 Å². The summed E-state index contributed by atoms with van der Waals surface area (Å²) >= 11 is 0. The van der Waals surface area contributed by atoms with Crippen LogP contribution < -0.4 is 16.4 Å². The van der Waals surface area contributed by atoms with Crippen molar-refractivity contribution in [2.75, 3.05) is 57.1 Å². The minimum Gasteiger partial charge on any atom is -0.388 e. The molecule has 2 aliphatic rings. The number of allylic oxidation sites excluding steroid dienone is 1. The van der Waals surface area contributed by atoms with Gasteiger partial charge in [-0.05, 0) is 42.3 Å². The fraction of sp³-hybridized carbons (Fsp3) is 0.357. The fourth-order valence-corrected chi connectivity index (χ4v) is 4.08. The number of nitrogens with zero attached hydrogens (tertiary/aromatic N) is 5. The lowest BCUT2D eigenvalue weighted by atomic mass is 10.0. The van der Waals surface area contributed by atoms with E-state index in [1.165, 1.54) is 12.4 Å². The normalized spacial score (nSPS) is 16.0. The van der Waals surface area contributed by atoms with Gasteiger partial charge in [0, 0.05) is 44.5 Å². The minimum absolute atomic E-state index is 0.176. The third-order valence-corrected chi connectivity index (χ3v) is 6.40. The molecule has 4 rings (SSSR count). The summed E-state index contributed by atoms with van der Waals surface area (Å²) in [5, 5.41) is 21.3. The number of alkyl halides is 3. The van der Waals surface area contributed by atoms with Crippen LogP contribution in [0, 0.1) is 18.3 Å². The zero-order valence-corrected chi connectivity index (χ0v) is 22.9. The van der Waals surface area contributed by atoms with Gasteiger partial charge in [0.2, 0.25) is 6.41 Å². The summed E-state index contributed by atoms with van der Waals surface area (Å²) in [6.45, 7) is 5.71. The number of amides is 1. The second-order valence-electron chi connectivity index (χ2n) is 9.25. The van der Waals surface area contributed by atoms with Crippen molar-refractivity contribution in [3.05, 3.63) is 70.4 Å². The zero-order valence-electron chi connectivity index (χ0n) is 22.9. The Labute approximate surface area is 237 Å². The second kappa shape index (κ2) is 14.8. The van der Waals surface area contributed by atoms with Gasteiger partial charge in [-0.3, -0.25) is 14.7 Å². The average Bonchev–Trinajstić information content (AvgIpc) is 2.97. The summed E-state index contributed by atoms with van der Waals surface area (Å²) in [5.41, 5.74) is 9.56. The lowest BCUT2D eigenvalue weighted by molar-refractivity contribution is -0.137. The van der Waals surface area contributed by atoms with Gasteiger partial charge in [0.05, 0.1) is 42.7 Å². The van der Waals surface area contributed by atoms with Crippen molar-refractivity contribution in [1.82, 2.24) is 9.91 Å². The highest BCUT2D eigenvalue weighted by Gasteiger charge is 2.30. The molecule has 0 saturated carbocycles. The van der Waals surface area contributed by atoms with E-state index in [0.717, 1.165) is 42.2 Å². The summed E-state index contributed by atoms with van der Waals surface area (Å²) in [6, 6.07) is 13.7. The monoisotopic (exact) mass is 570 g/mol. The molecule has 0 aliphatic carbocycles. The van der Waals surface area contributed by atoms with Crippen LogP contribution in [0.4, 0.5) is 24.5 Å². The summed E-state index contributed by atoms with van der Waals surface area (Å²) < 4.78 is 42.1. The number of hydrogen-bond acceptors (Lipinski definition) is 9. The van der Waals surface area contributed by atoms with Gasteiger partial charge in [0.15, 0.2) is 0 Å². The van der Waals surface area contributed by atoms with Crippen molar-refractivity contribution < 1.29 is 22.7 Å². The average molecular weight is 571 g/mol. The van der Waals surface area contributed by atoms with Crippen LogP contribution in [0.15, 0.2) is 63.8 Å². The van der Waals surface area contributed by atoms with Gasteiger partial charge in [-0.25, -0.2) is 4.99 Å². The third kappa shape index (κ3) is 9.33. The van der Waals surface area contributed by atoms with Crippen molar-refractivity contribution in [2.24, 2.45) is 15.8 Å². The Morgan fingerprint density at radius 1 is 1.20 bits per heavy atom. The summed E-state index contributed by atoms with van der Waals surface area (Å²) in [6.07, 6.45) is -2.05. The van der Waals surface area contributed by atoms with E-state index < -0.39 is 11.7 Å². The number of rotatable bonds is 8. The van der Waals surface area contributed by atoms with Gasteiger partial charge in [-0.2, -0.15) is 23.5 Å². The first-order valence-corrected chi connectivity index (χ1v) is 12.8. The number of ether oxygens (including phenoxy) is 1.